The van der Waals surface area contributed by atoms with Crippen LogP contribution in [-0.2, 0) is 23.6 Å². The van der Waals surface area contributed by atoms with Gasteiger partial charge in [-0.25, -0.2) is 4.98 Å². The summed E-state index contributed by atoms with van der Waals surface area (Å²) in [6, 6.07) is 8.14. The summed E-state index contributed by atoms with van der Waals surface area (Å²) in [5, 5.41) is 5.48. The van der Waals surface area contributed by atoms with Crippen molar-refractivity contribution in [2.24, 2.45) is 12.5 Å². The molecule has 1 aliphatic rings. The zero-order chi connectivity index (χ0) is 18.1. The Morgan fingerprint density at radius 3 is 2.56 bits per heavy atom. The van der Waals surface area contributed by atoms with Crippen molar-refractivity contribution in [1.29, 1.82) is 0 Å². The summed E-state index contributed by atoms with van der Waals surface area (Å²) < 4.78 is 7.88. The van der Waals surface area contributed by atoms with Crippen LogP contribution in [0.5, 0.6) is 0 Å². The Hall–Kier alpha value is -1.39. The third-order valence-electron chi connectivity index (χ3n) is 5.71. The minimum Gasteiger partial charge on any atom is -0.380 e. The van der Waals surface area contributed by atoms with Gasteiger partial charge in [0.25, 0.3) is 0 Å². The van der Waals surface area contributed by atoms with E-state index in [-0.39, 0.29) is 16.9 Å². The summed E-state index contributed by atoms with van der Waals surface area (Å²) in [6.45, 7) is 4.61. The Bertz CT molecular complexity index is 710. The van der Waals surface area contributed by atoms with E-state index < -0.39 is 0 Å². The van der Waals surface area contributed by atoms with Crippen LogP contribution in [-0.4, -0.2) is 28.0 Å². The zero-order valence-electron chi connectivity index (χ0n) is 15.6. The summed E-state index contributed by atoms with van der Waals surface area (Å²) in [5.41, 5.74) is 1.24. The number of aryl methyl sites for hydroxylation is 2. The molecule has 0 bridgehead atoms. The molecule has 0 radical (unpaired) electrons. The lowest BCUT2D eigenvalue weighted by Gasteiger charge is -2.50. The Labute approximate surface area is 155 Å². The molecular formula is C20H28ClN3O. The maximum atomic E-state index is 6.08. The van der Waals surface area contributed by atoms with E-state index in [1.807, 2.05) is 26.3 Å². The van der Waals surface area contributed by atoms with Crippen LogP contribution in [0.2, 0.25) is 5.02 Å². The van der Waals surface area contributed by atoms with Crippen molar-refractivity contribution in [3.63, 3.8) is 0 Å². The number of hydrogen-bond acceptors (Lipinski definition) is 3. The molecule has 0 amide bonds. The molecule has 1 saturated carbocycles. The Morgan fingerprint density at radius 2 is 1.96 bits per heavy atom. The molecule has 4 nitrogen and oxygen atoms in total. The molecule has 136 valence electrons. The van der Waals surface area contributed by atoms with Gasteiger partial charge in [0.2, 0.25) is 0 Å². The van der Waals surface area contributed by atoms with Gasteiger partial charge in [-0.1, -0.05) is 44.0 Å². The first kappa shape index (κ1) is 18.4. The number of halogens is 1. The van der Waals surface area contributed by atoms with Gasteiger partial charge >= 0.3 is 0 Å². The van der Waals surface area contributed by atoms with E-state index >= 15 is 0 Å². The van der Waals surface area contributed by atoms with E-state index in [2.05, 4.69) is 31.0 Å². The second-order valence-corrected chi connectivity index (χ2v) is 8.42. The Morgan fingerprint density at radius 1 is 1.24 bits per heavy atom. The van der Waals surface area contributed by atoms with Crippen LogP contribution in [0.1, 0.15) is 50.9 Å². The molecule has 0 spiro atoms. The van der Waals surface area contributed by atoms with Crippen LogP contribution in [0.3, 0.4) is 0 Å². The SMILES string of the molecule is COC1C(C)(C)CCCC1(CCc1ccc(Cl)cc1)c1ncn(C)n1. The van der Waals surface area contributed by atoms with Gasteiger partial charge in [-0.3, -0.25) is 4.68 Å². The Balaban J connectivity index is 1.95. The van der Waals surface area contributed by atoms with Crippen molar-refractivity contribution in [3.05, 3.63) is 47.0 Å². The monoisotopic (exact) mass is 361 g/mol. The van der Waals surface area contributed by atoms with Crippen molar-refractivity contribution in [1.82, 2.24) is 14.8 Å². The highest BCUT2D eigenvalue weighted by Gasteiger charge is 2.52. The number of rotatable bonds is 5. The normalized spacial score (nSPS) is 25.9. The number of methoxy groups -OCH3 is 1. The summed E-state index contributed by atoms with van der Waals surface area (Å²) in [4.78, 5) is 4.65. The molecule has 1 fully saturated rings. The first-order valence-corrected chi connectivity index (χ1v) is 9.38. The second kappa shape index (κ2) is 7.08. The molecule has 1 aliphatic carbocycles. The predicted octanol–water partition coefficient (Wildman–Crippen LogP) is 4.56. The molecule has 1 aromatic carbocycles. The third kappa shape index (κ3) is 3.61. The molecule has 1 heterocycles. The Kier molecular flexibility index (Phi) is 5.21. The molecule has 1 aromatic heterocycles. The molecule has 0 N–H and O–H groups in total. The highest BCUT2D eigenvalue weighted by atomic mass is 35.5. The van der Waals surface area contributed by atoms with E-state index in [0.29, 0.717) is 0 Å². The number of benzene rings is 1. The molecule has 0 saturated heterocycles. The van der Waals surface area contributed by atoms with E-state index in [9.17, 15) is 0 Å². The molecule has 25 heavy (non-hydrogen) atoms. The van der Waals surface area contributed by atoms with Crippen molar-refractivity contribution in [2.45, 2.75) is 57.5 Å². The highest BCUT2D eigenvalue weighted by molar-refractivity contribution is 6.30. The van der Waals surface area contributed by atoms with Crippen LogP contribution in [0, 0.1) is 5.41 Å². The summed E-state index contributed by atoms with van der Waals surface area (Å²) >= 11 is 6.03. The number of ether oxygens (including phenoxy) is 1. The van der Waals surface area contributed by atoms with E-state index in [0.717, 1.165) is 30.1 Å². The summed E-state index contributed by atoms with van der Waals surface area (Å²) in [5.74, 6) is 0.920. The average Bonchev–Trinajstić information content (AvgIpc) is 3.00. The van der Waals surface area contributed by atoms with E-state index in [1.54, 1.807) is 11.0 Å². The zero-order valence-corrected chi connectivity index (χ0v) is 16.4. The fraction of sp³-hybridized carbons (Fsp3) is 0.600. The number of nitrogens with zero attached hydrogens (tertiary/aromatic N) is 3. The first-order chi connectivity index (χ1) is 11.9. The lowest BCUT2D eigenvalue weighted by Crippen LogP contribution is -2.53. The van der Waals surface area contributed by atoms with Crippen LogP contribution < -0.4 is 0 Å². The second-order valence-electron chi connectivity index (χ2n) is 7.98. The fourth-order valence-electron chi connectivity index (χ4n) is 4.60. The van der Waals surface area contributed by atoms with Crippen LogP contribution in [0.25, 0.3) is 0 Å². The van der Waals surface area contributed by atoms with Crippen molar-refractivity contribution in [3.8, 4) is 0 Å². The van der Waals surface area contributed by atoms with Gasteiger partial charge in [-0.15, -0.1) is 0 Å². The largest absolute Gasteiger partial charge is 0.380 e. The van der Waals surface area contributed by atoms with Crippen LogP contribution in [0.4, 0.5) is 0 Å². The molecule has 0 aliphatic heterocycles. The quantitative estimate of drug-likeness (QED) is 0.783. The summed E-state index contributed by atoms with van der Waals surface area (Å²) in [6.07, 6.45) is 7.24. The minimum atomic E-state index is -0.155. The molecular weight excluding hydrogens is 334 g/mol. The van der Waals surface area contributed by atoms with Gasteiger partial charge < -0.3 is 4.74 Å². The van der Waals surface area contributed by atoms with Crippen LogP contribution in [0.15, 0.2) is 30.6 Å². The van der Waals surface area contributed by atoms with Crippen molar-refractivity contribution >= 4 is 11.6 Å². The van der Waals surface area contributed by atoms with Crippen molar-refractivity contribution in [2.75, 3.05) is 7.11 Å². The smallest absolute Gasteiger partial charge is 0.159 e. The predicted molar refractivity (Wildman–Crippen MR) is 101 cm³/mol. The van der Waals surface area contributed by atoms with Gasteiger partial charge in [0.1, 0.15) is 6.33 Å². The molecule has 3 rings (SSSR count). The van der Waals surface area contributed by atoms with Gasteiger partial charge in [0, 0.05) is 19.2 Å². The topological polar surface area (TPSA) is 39.9 Å². The lowest BCUT2D eigenvalue weighted by molar-refractivity contribution is -0.0859. The van der Waals surface area contributed by atoms with Crippen LogP contribution >= 0.6 is 11.6 Å². The molecule has 2 atom stereocenters. The van der Waals surface area contributed by atoms with E-state index in [1.165, 1.54) is 18.4 Å². The van der Waals surface area contributed by atoms with Gasteiger partial charge in [-0.2, -0.15) is 5.10 Å². The molecule has 2 aromatic rings. The summed E-state index contributed by atoms with van der Waals surface area (Å²) in [7, 11) is 3.76. The van der Waals surface area contributed by atoms with Gasteiger partial charge in [0.05, 0.1) is 11.5 Å². The van der Waals surface area contributed by atoms with E-state index in [4.69, 9.17) is 21.4 Å². The highest BCUT2D eigenvalue weighted by Crippen LogP contribution is 2.50. The molecule has 5 heteroatoms. The maximum absolute atomic E-state index is 6.08. The first-order valence-electron chi connectivity index (χ1n) is 9.01. The third-order valence-corrected chi connectivity index (χ3v) is 5.96. The van der Waals surface area contributed by atoms with Crippen molar-refractivity contribution < 1.29 is 4.74 Å². The number of aromatic nitrogens is 3. The minimum absolute atomic E-state index is 0.100. The molecule has 2 unspecified atom stereocenters. The maximum Gasteiger partial charge on any atom is 0.159 e. The lowest BCUT2D eigenvalue weighted by atomic mass is 9.58. The standard InChI is InChI=1S/C20H28ClN3O/c1-19(2)11-5-12-20(17(19)25-4,18-22-14-24(3)23-18)13-10-15-6-8-16(21)9-7-15/h6-9,14,17H,5,10-13H2,1-4H3. The van der Waals surface area contributed by atoms with Gasteiger partial charge in [0.15, 0.2) is 5.82 Å². The van der Waals surface area contributed by atoms with Gasteiger partial charge in [-0.05, 0) is 48.8 Å². The fourth-order valence-corrected chi connectivity index (χ4v) is 4.72. The average molecular weight is 362 g/mol. The number of hydrogen-bond donors (Lipinski definition) is 0.